The van der Waals surface area contributed by atoms with Crippen LogP contribution in [0.3, 0.4) is 0 Å². The third kappa shape index (κ3) is 1.79. The molecular formula is C13H12N4O. The minimum absolute atomic E-state index is 0.428. The summed E-state index contributed by atoms with van der Waals surface area (Å²) in [6, 6.07) is 9.77. The zero-order valence-electron chi connectivity index (χ0n) is 10.1. The van der Waals surface area contributed by atoms with Gasteiger partial charge in [0.2, 0.25) is 5.89 Å². The van der Waals surface area contributed by atoms with Crippen molar-refractivity contribution in [3.8, 4) is 23.0 Å². The number of hydrogen-bond acceptors (Lipinski definition) is 4. The fourth-order valence-corrected chi connectivity index (χ4v) is 1.78. The second-order valence-electron chi connectivity index (χ2n) is 4.16. The Hall–Kier alpha value is -2.43. The number of aromatic amines is 1. The topological polar surface area (TPSA) is 67.6 Å². The second kappa shape index (κ2) is 4.10. The van der Waals surface area contributed by atoms with Crippen molar-refractivity contribution < 1.29 is 4.42 Å². The molecule has 0 fully saturated rings. The number of hydrogen-bond donors (Lipinski definition) is 1. The molecule has 0 aliphatic carbocycles. The normalized spacial score (nSPS) is 10.8. The predicted octanol–water partition coefficient (Wildman–Crippen LogP) is 2.74. The molecule has 2 heterocycles. The standard InChI is InChI=1S/C13H12N4O/c1-8-5-3-4-6-10(8)12-16-17-13(18-12)11-7-9(2)14-15-11/h3-7H,1-2H3,(H,14,15). The predicted molar refractivity (Wildman–Crippen MR) is 66.8 cm³/mol. The molecule has 1 N–H and O–H groups in total. The molecule has 0 atom stereocenters. The smallest absolute Gasteiger partial charge is 0.268 e. The molecule has 0 saturated carbocycles. The van der Waals surface area contributed by atoms with Crippen molar-refractivity contribution in [2.75, 3.05) is 0 Å². The third-order valence-electron chi connectivity index (χ3n) is 2.73. The quantitative estimate of drug-likeness (QED) is 0.747. The van der Waals surface area contributed by atoms with Crippen molar-refractivity contribution in [2.45, 2.75) is 13.8 Å². The van der Waals surface area contributed by atoms with Gasteiger partial charge in [-0.15, -0.1) is 10.2 Å². The molecule has 0 radical (unpaired) electrons. The summed E-state index contributed by atoms with van der Waals surface area (Å²) in [5.74, 6) is 0.946. The summed E-state index contributed by atoms with van der Waals surface area (Å²) in [7, 11) is 0. The van der Waals surface area contributed by atoms with E-state index in [-0.39, 0.29) is 0 Å². The summed E-state index contributed by atoms with van der Waals surface area (Å²) < 4.78 is 5.65. The first-order chi connectivity index (χ1) is 8.74. The Bertz CT molecular complexity index is 684. The van der Waals surface area contributed by atoms with E-state index < -0.39 is 0 Å². The van der Waals surface area contributed by atoms with Crippen molar-refractivity contribution in [3.05, 3.63) is 41.6 Å². The maximum absolute atomic E-state index is 5.65. The van der Waals surface area contributed by atoms with Gasteiger partial charge in [-0.1, -0.05) is 18.2 Å². The lowest BCUT2D eigenvalue weighted by Crippen LogP contribution is -1.81. The number of H-pyrrole nitrogens is 1. The minimum Gasteiger partial charge on any atom is -0.415 e. The van der Waals surface area contributed by atoms with E-state index in [2.05, 4.69) is 20.4 Å². The molecule has 0 unspecified atom stereocenters. The average molecular weight is 240 g/mol. The van der Waals surface area contributed by atoms with E-state index >= 15 is 0 Å². The molecule has 0 aliphatic rings. The number of nitrogens with zero attached hydrogens (tertiary/aromatic N) is 3. The van der Waals surface area contributed by atoms with Gasteiger partial charge in [0.25, 0.3) is 5.89 Å². The SMILES string of the molecule is Cc1cc(-c2nnc(-c3ccccc3C)o2)n[nH]1. The van der Waals surface area contributed by atoms with Gasteiger partial charge in [-0.25, -0.2) is 0 Å². The van der Waals surface area contributed by atoms with Gasteiger partial charge in [0.1, 0.15) is 5.69 Å². The van der Waals surface area contributed by atoms with Gasteiger partial charge in [-0.3, -0.25) is 5.10 Å². The largest absolute Gasteiger partial charge is 0.415 e. The maximum Gasteiger partial charge on any atom is 0.268 e. The van der Waals surface area contributed by atoms with Crippen LogP contribution >= 0.6 is 0 Å². The molecule has 2 aromatic heterocycles. The number of nitrogens with one attached hydrogen (secondary N) is 1. The Morgan fingerprint density at radius 3 is 2.56 bits per heavy atom. The van der Waals surface area contributed by atoms with Crippen LogP contribution in [0.5, 0.6) is 0 Å². The third-order valence-corrected chi connectivity index (χ3v) is 2.73. The monoisotopic (exact) mass is 240 g/mol. The molecule has 90 valence electrons. The van der Waals surface area contributed by atoms with Gasteiger partial charge < -0.3 is 4.42 Å². The van der Waals surface area contributed by atoms with Gasteiger partial charge >= 0.3 is 0 Å². The summed E-state index contributed by atoms with van der Waals surface area (Å²) in [6.45, 7) is 3.94. The van der Waals surface area contributed by atoms with Crippen molar-refractivity contribution in [1.29, 1.82) is 0 Å². The average Bonchev–Trinajstić information content (AvgIpc) is 2.98. The zero-order valence-corrected chi connectivity index (χ0v) is 10.1. The van der Waals surface area contributed by atoms with Crippen LogP contribution in [0.4, 0.5) is 0 Å². The van der Waals surface area contributed by atoms with E-state index in [1.165, 1.54) is 0 Å². The molecule has 0 spiro atoms. The highest BCUT2D eigenvalue weighted by atomic mass is 16.4. The molecule has 3 aromatic rings. The van der Waals surface area contributed by atoms with E-state index in [1.54, 1.807) is 0 Å². The highest BCUT2D eigenvalue weighted by Crippen LogP contribution is 2.25. The molecule has 5 heteroatoms. The van der Waals surface area contributed by atoms with Crippen LogP contribution in [0.1, 0.15) is 11.3 Å². The molecule has 0 amide bonds. The molecule has 3 rings (SSSR count). The summed E-state index contributed by atoms with van der Waals surface area (Å²) in [5, 5.41) is 15.0. The number of benzene rings is 1. The van der Waals surface area contributed by atoms with Gasteiger partial charge in [0, 0.05) is 11.3 Å². The van der Waals surface area contributed by atoms with Crippen LogP contribution < -0.4 is 0 Å². The van der Waals surface area contributed by atoms with Crippen LogP contribution in [0.15, 0.2) is 34.7 Å². The fraction of sp³-hybridized carbons (Fsp3) is 0.154. The van der Waals surface area contributed by atoms with Gasteiger partial charge in [-0.05, 0) is 31.5 Å². The lowest BCUT2D eigenvalue weighted by atomic mass is 10.1. The van der Waals surface area contributed by atoms with E-state index in [0.29, 0.717) is 17.5 Å². The lowest BCUT2D eigenvalue weighted by Gasteiger charge is -1.98. The molecule has 5 nitrogen and oxygen atoms in total. The molecule has 0 aliphatic heterocycles. The Balaban J connectivity index is 2.02. The first-order valence-corrected chi connectivity index (χ1v) is 5.66. The Labute approximate surface area is 104 Å². The maximum atomic E-state index is 5.65. The van der Waals surface area contributed by atoms with E-state index in [9.17, 15) is 0 Å². The van der Waals surface area contributed by atoms with Crippen LogP contribution in [0.2, 0.25) is 0 Å². The van der Waals surface area contributed by atoms with Gasteiger partial charge in [-0.2, -0.15) is 5.10 Å². The Kier molecular flexibility index (Phi) is 2.44. The first-order valence-electron chi connectivity index (χ1n) is 5.66. The molecular weight excluding hydrogens is 228 g/mol. The molecule has 18 heavy (non-hydrogen) atoms. The Morgan fingerprint density at radius 1 is 1.06 bits per heavy atom. The van der Waals surface area contributed by atoms with Crippen LogP contribution in [0.25, 0.3) is 23.0 Å². The lowest BCUT2D eigenvalue weighted by molar-refractivity contribution is 0.581. The molecule has 0 saturated heterocycles. The zero-order chi connectivity index (χ0) is 12.5. The van der Waals surface area contributed by atoms with Crippen LogP contribution in [-0.2, 0) is 0 Å². The summed E-state index contributed by atoms with van der Waals surface area (Å²) in [4.78, 5) is 0. The summed E-state index contributed by atoms with van der Waals surface area (Å²) >= 11 is 0. The molecule has 1 aromatic carbocycles. The van der Waals surface area contributed by atoms with Crippen LogP contribution in [0, 0.1) is 13.8 Å². The van der Waals surface area contributed by atoms with Crippen molar-refractivity contribution in [3.63, 3.8) is 0 Å². The highest BCUT2D eigenvalue weighted by molar-refractivity contribution is 5.59. The van der Waals surface area contributed by atoms with Crippen molar-refractivity contribution >= 4 is 0 Å². The van der Waals surface area contributed by atoms with E-state index in [4.69, 9.17) is 4.42 Å². The van der Waals surface area contributed by atoms with Gasteiger partial charge in [0.15, 0.2) is 0 Å². The van der Waals surface area contributed by atoms with Crippen molar-refractivity contribution in [2.24, 2.45) is 0 Å². The number of rotatable bonds is 2. The Morgan fingerprint density at radius 2 is 1.83 bits per heavy atom. The van der Waals surface area contributed by atoms with Crippen molar-refractivity contribution in [1.82, 2.24) is 20.4 Å². The first kappa shape index (κ1) is 10.7. The van der Waals surface area contributed by atoms with E-state index in [1.807, 2.05) is 44.2 Å². The number of aromatic nitrogens is 4. The molecule has 0 bridgehead atoms. The summed E-state index contributed by atoms with van der Waals surface area (Å²) in [5.41, 5.74) is 3.68. The van der Waals surface area contributed by atoms with E-state index in [0.717, 1.165) is 16.8 Å². The summed E-state index contributed by atoms with van der Waals surface area (Å²) in [6.07, 6.45) is 0. The highest BCUT2D eigenvalue weighted by Gasteiger charge is 2.13. The van der Waals surface area contributed by atoms with Crippen LogP contribution in [-0.4, -0.2) is 20.4 Å². The second-order valence-corrected chi connectivity index (χ2v) is 4.16. The van der Waals surface area contributed by atoms with Gasteiger partial charge in [0.05, 0.1) is 0 Å². The fourth-order valence-electron chi connectivity index (χ4n) is 1.78. The minimum atomic E-state index is 0.428. The number of aryl methyl sites for hydroxylation is 2.